The van der Waals surface area contributed by atoms with Gasteiger partial charge in [0.05, 0.1) is 12.3 Å². The summed E-state index contributed by atoms with van der Waals surface area (Å²) in [6, 6.07) is 5.86. The van der Waals surface area contributed by atoms with E-state index in [1.54, 1.807) is 17.3 Å². The average Bonchev–Trinajstić information content (AvgIpc) is 3.70. The van der Waals surface area contributed by atoms with Gasteiger partial charge in [0.25, 0.3) is 5.91 Å². The van der Waals surface area contributed by atoms with Gasteiger partial charge in [-0.25, -0.2) is 9.97 Å². The lowest BCUT2D eigenvalue weighted by molar-refractivity contribution is -0.274. The predicted molar refractivity (Wildman–Crippen MR) is 147 cm³/mol. The third kappa shape index (κ3) is 6.65. The molecule has 3 fully saturated rings. The first-order valence-corrected chi connectivity index (χ1v) is 13.9. The fourth-order valence-electron chi connectivity index (χ4n) is 5.87. The number of carbonyl (C=O) groups is 1. The summed E-state index contributed by atoms with van der Waals surface area (Å²) in [5, 5.41) is 9.77. The number of aromatic nitrogens is 2. The highest BCUT2D eigenvalue weighted by Gasteiger charge is 2.40. The third-order valence-corrected chi connectivity index (χ3v) is 8.05. The van der Waals surface area contributed by atoms with Gasteiger partial charge in [0.1, 0.15) is 17.8 Å². The van der Waals surface area contributed by atoms with Crippen molar-refractivity contribution in [2.24, 2.45) is 5.73 Å². The summed E-state index contributed by atoms with van der Waals surface area (Å²) < 4.78 is 42.1. The van der Waals surface area contributed by atoms with Gasteiger partial charge in [-0.1, -0.05) is 6.58 Å². The molecule has 0 spiro atoms. The Bertz CT molecular complexity index is 1260. The van der Waals surface area contributed by atoms with Gasteiger partial charge in [-0.15, -0.1) is 13.2 Å². The SMILES string of the molecule is C=C(c1ccc(OC(F)(F)F)cc1)N(/C(C(=O)N1CCC(N2CCC[C@H]2CO)CC1)=C(\N)c1cncnc1)C1CC1. The highest BCUT2D eigenvalue weighted by Crippen LogP contribution is 2.39. The molecule has 0 unspecified atom stereocenters. The number of amides is 1. The quantitative estimate of drug-likeness (QED) is 0.439. The van der Waals surface area contributed by atoms with Crippen LogP contribution < -0.4 is 10.5 Å². The van der Waals surface area contributed by atoms with Crippen LogP contribution in [-0.2, 0) is 4.79 Å². The molecule has 220 valence electrons. The van der Waals surface area contributed by atoms with E-state index in [1.807, 2.05) is 4.90 Å². The Labute approximate surface area is 237 Å². The molecule has 0 bridgehead atoms. The summed E-state index contributed by atoms with van der Waals surface area (Å²) in [5.41, 5.74) is 8.62. The Morgan fingerprint density at radius 3 is 2.29 bits per heavy atom. The molecule has 1 aliphatic carbocycles. The van der Waals surface area contributed by atoms with Crippen molar-refractivity contribution in [2.45, 2.75) is 63.0 Å². The zero-order chi connectivity index (χ0) is 29.1. The van der Waals surface area contributed by atoms with Crippen LogP contribution in [-0.4, -0.2) is 86.4 Å². The second-order valence-corrected chi connectivity index (χ2v) is 10.7. The first-order chi connectivity index (χ1) is 19.7. The van der Waals surface area contributed by atoms with Crippen LogP contribution in [0.5, 0.6) is 5.75 Å². The minimum atomic E-state index is -4.80. The van der Waals surface area contributed by atoms with E-state index in [1.165, 1.54) is 30.6 Å². The lowest BCUT2D eigenvalue weighted by Gasteiger charge is -2.40. The highest BCUT2D eigenvalue weighted by molar-refractivity contribution is 6.01. The largest absolute Gasteiger partial charge is 0.573 e. The van der Waals surface area contributed by atoms with E-state index >= 15 is 0 Å². The Balaban J connectivity index is 1.42. The Kier molecular flexibility index (Phi) is 8.50. The zero-order valence-electron chi connectivity index (χ0n) is 22.8. The summed E-state index contributed by atoms with van der Waals surface area (Å²) in [4.78, 5) is 28.4. The molecular formula is C29H35F3N6O3. The van der Waals surface area contributed by atoms with Crippen molar-refractivity contribution in [3.8, 4) is 5.75 Å². The number of alkyl halides is 3. The van der Waals surface area contributed by atoms with Crippen molar-refractivity contribution in [1.29, 1.82) is 0 Å². The summed E-state index contributed by atoms with van der Waals surface area (Å²) in [6.45, 7) is 6.41. The van der Waals surface area contributed by atoms with Crippen LogP contribution in [0.3, 0.4) is 0 Å². The van der Waals surface area contributed by atoms with E-state index in [0.717, 1.165) is 45.1 Å². The molecule has 1 aromatic heterocycles. The van der Waals surface area contributed by atoms with Gasteiger partial charge in [-0.05, 0) is 74.9 Å². The number of ether oxygens (including phenoxy) is 1. The van der Waals surface area contributed by atoms with Crippen molar-refractivity contribution in [3.63, 3.8) is 0 Å². The molecule has 2 aliphatic heterocycles. The second-order valence-electron chi connectivity index (χ2n) is 10.7. The minimum Gasteiger partial charge on any atom is -0.406 e. The number of hydrogen-bond acceptors (Lipinski definition) is 8. The van der Waals surface area contributed by atoms with Crippen molar-refractivity contribution in [3.05, 3.63) is 66.4 Å². The van der Waals surface area contributed by atoms with E-state index in [2.05, 4.69) is 26.2 Å². The van der Waals surface area contributed by atoms with E-state index in [4.69, 9.17) is 5.73 Å². The number of carbonyl (C=O) groups excluding carboxylic acids is 1. The van der Waals surface area contributed by atoms with Gasteiger partial charge in [0.2, 0.25) is 0 Å². The summed E-state index contributed by atoms with van der Waals surface area (Å²) in [7, 11) is 0. The number of likely N-dealkylation sites (tertiary alicyclic amines) is 2. The van der Waals surface area contributed by atoms with E-state index in [-0.39, 0.29) is 41.7 Å². The number of piperidine rings is 1. The number of rotatable bonds is 9. The van der Waals surface area contributed by atoms with Gasteiger partial charge in [-0.3, -0.25) is 9.69 Å². The molecule has 41 heavy (non-hydrogen) atoms. The van der Waals surface area contributed by atoms with Crippen LogP contribution in [0, 0.1) is 0 Å². The Morgan fingerprint density at radius 1 is 1.05 bits per heavy atom. The maximum atomic E-state index is 14.2. The molecule has 1 saturated carbocycles. The lowest BCUT2D eigenvalue weighted by atomic mass is 10.0. The standard InChI is InChI=1S/C29H35F3N6O3/c1-19(20-4-8-25(9-5-20)41-29(30,31)32)38(23-6-7-23)27(26(33)21-15-34-18-35-16-21)28(40)36-13-10-22(11-14-36)37-12-2-3-24(37)17-39/h4-5,8-9,15-16,18,22-24,39H,1-3,6-7,10-14,17,33H2/b27-26-/t24-/m0/s1. The average molecular weight is 573 g/mol. The van der Waals surface area contributed by atoms with Gasteiger partial charge in [-0.2, -0.15) is 0 Å². The van der Waals surface area contributed by atoms with E-state index in [0.29, 0.717) is 36.0 Å². The molecule has 0 radical (unpaired) electrons. The molecular weight excluding hydrogens is 537 g/mol. The fourth-order valence-corrected chi connectivity index (χ4v) is 5.87. The number of halogens is 3. The summed E-state index contributed by atoms with van der Waals surface area (Å²) >= 11 is 0. The number of hydrogen-bond donors (Lipinski definition) is 2. The van der Waals surface area contributed by atoms with Gasteiger partial charge >= 0.3 is 6.36 Å². The summed E-state index contributed by atoms with van der Waals surface area (Å²) in [6.07, 6.45) is 4.91. The van der Waals surface area contributed by atoms with Crippen LogP contribution in [0.15, 0.2) is 55.3 Å². The van der Waals surface area contributed by atoms with Crippen LogP contribution in [0.4, 0.5) is 13.2 Å². The molecule has 1 atom stereocenters. The normalized spacial score (nSPS) is 21.0. The lowest BCUT2D eigenvalue weighted by Crippen LogP contribution is -2.50. The zero-order valence-corrected chi connectivity index (χ0v) is 22.8. The maximum absolute atomic E-state index is 14.2. The number of benzene rings is 1. The first kappa shape index (κ1) is 28.9. The number of aliphatic hydroxyl groups excluding tert-OH is 1. The Hall–Kier alpha value is -3.64. The minimum absolute atomic E-state index is 0.0387. The van der Waals surface area contributed by atoms with Gasteiger partial charge < -0.3 is 25.4 Å². The topological polar surface area (TPSA) is 108 Å². The van der Waals surface area contributed by atoms with E-state index in [9.17, 15) is 23.1 Å². The summed E-state index contributed by atoms with van der Waals surface area (Å²) in [5.74, 6) is -0.584. The first-order valence-electron chi connectivity index (χ1n) is 13.9. The molecule has 2 aromatic rings. The van der Waals surface area contributed by atoms with E-state index < -0.39 is 6.36 Å². The van der Waals surface area contributed by atoms with Crippen molar-refractivity contribution in [2.75, 3.05) is 26.2 Å². The van der Waals surface area contributed by atoms with Crippen molar-refractivity contribution in [1.82, 2.24) is 24.7 Å². The van der Waals surface area contributed by atoms with Crippen molar-refractivity contribution >= 4 is 17.3 Å². The van der Waals surface area contributed by atoms with Gasteiger partial charge in [0.15, 0.2) is 0 Å². The van der Waals surface area contributed by atoms with Crippen LogP contribution in [0.25, 0.3) is 11.4 Å². The number of aliphatic hydroxyl groups is 1. The third-order valence-electron chi connectivity index (χ3n) is 8.05. The highest BCUT2D eigenvalue weighted by atomic mass is 19.4. The molecule has 3 heterocycles. The molecule has 3 N–H and O–H groups in total. The van der Waals surface area contributed by atoms with Crippen LogP contribution in [0.1, 0.15) is 49.7 Å². The fraction of sp³-hybridized carbons (Fsp3) is 0.483. The monoisotopic (exact) mass is 572 g/mol. The maximum Gasteiger partial charge on any atom is 0.573 e. The molecule has 5 rings (SSSR count). The van der Waals surface area contributed by atoms with Crippen LogP contribution >= 0.6 is 0 Å². The van der Waals surface area contributed by atoms with Gasteiger partial charge in [0, 0.05) is 54.9 Å². The molecule has 3 aliphatic rings. The molecule has 9 nitrogen and oxygen atoms in total. The molecule has 2 saturated heterocycles. The predicted octanol–water partition coefficient (Wildman–Crippen LogP) is 3.59. The number of nitrogens with zero attached hydrogens (tertiary/aromatic N) is 5. The molecule has 1 amide bonds. The van der Waals surface area contributed by atoms with Crippen LogP contribution in [0.2, 0.25) is 0 Å². The molecule has 12 heteroatoms. The smallest absolute Gasteiger partial charge is 0.406 e. The van der Waals surface area contributed by atoms with Crippen molar-refractivity contribution < 1.29 is 27.8 Å². The molecule has 1 aromatic carbocycles. The second kappa shape index (κ2) is 12.1. The Morgan fingerprint density at radius 2 is 1.71 bits per heavy atom. The number of nitrogens with two attached hydrogens (primary N) is 1.